The van der Waals surface area contributed by atoms with Crippen LogP contribution in [0.15, 0.2) is 24.3 Å². The monoisotopic (exact) mass is 368 g/mol. The lowest BCUT2D eigenvalue weighted by Crippen LogP contribution is -2.39. The van der Waals surface area contributed by atoms with Crippen molar-refractivity contribution in [3.05, 3.63) is 35.5 Å². The Hall–Kier alpha value is -2.30. The zero-order valence-corrected chi connectivity index (χ0v) is 17.1. The van der Waals surface area contributed by atoms with Crippen LogP contribution in [0.3, 0.4) is 0 Å². The van der Waals surface area contributed by atoms with Crippen LogP contribution in [-0.4, -0.2) is 29.7 Å². The Kier molecular flexibility index (Phi) is 6.54. The highest BCUT2D eigenvalue weighted by atomic mass is 16.5. The maximum atomic E-state index is 5.37. The normalized spacial score (nSPS) is 17.0. The highest BCUT2D eigenvalue weighted by Gasteiger charge is 2.23. The molecule has 1 fully saturated rings. The SMILES string of the molecule is CCCc1cc(N2CCCCC2CC)nc(Nc2cc(OC)ccc2C)n1. The van der Waals surface area contributed by atoms with Crippen molar-refractivity contribution in [2.75, 3.05) is 23.9 Å². The molecule has 1 aliphatic rings. The second kappa shape index (κ2) is 9.07. The van der Waals surface area contributed by atoms with Gasteiger partial charge in [-0.2, -0.15) is 4.98 Å². The fourth-order valence-electron chi connectivity index (χ4n) is 3.78. The largest absolute Gasteiger partial charge is 0.497 e. The molecule has 27 heavy (non-hydrogen) atoms. The summed E-state index contributed by atoms with van der Waals surface area (Å²) in [5.74, 6) is 2.56. The van der Waals surface area contributed by atoms with Gasteiger partial charge in [-0.25, -0.2) is 4.98 Å². The molecule has 0 bridgehead atoms. The van der Waals surface area contributed by atoms with Crippen molar-refractivity contribution in [3.63, 3.8) is 0 Å². The van der Waals surface area contributed by atoms with Gasteiger partial charge in [0, 0.05) is 36.1 Å². The predicted octanol–water partition coefficient (Wildman–Crippen LogP) is 5.26. The summed E-state index contributed by atoms with van der Waals surface area (Å²) in [4.78, 5) is 12.1. The number of anilines is 3. The zero-order chi connectivity index (χ0) is 19.2. The summed E-state index contributed by atoms with van der Waals surface area (Å²) in [6.45, 7) is 7.63. The van der Waals surface area contributed by atoms with Gasteiger partial charge >= 0.3 is 0 Å². The van der Waals surface area contributed by atoms with Crippen LogP contribution >= 0.6 is 0 Å². The Labute approximate surface area is 163 Å². The molecule has 1 aromatic heterocycles. The molecule has 0 spiro atoms. The van der Waals surface area contributed by atoms with Gasteiger partial charge < -0.3 is 15.0 Å². The molecule has 2 aromatic rings. The number of hydrogen-bond donors (Lipinski definition) is 1. The lowest BCUT2D eigenvalue weighted by molar-refractivity contribution is 0.415. The Morgan fingerprint density at radius 1 is 1.19 bits per heavy atom. The van der Waals surface area contributed by atoms with Gasteiger partial charge in [-0.1, -0.05) is 26.3 Å². The molecular formula is C22H32N4O. The average molecular weight is 369 g/mol. The van der Waals surface area contributed by atoms with Crippen LogP contribution in [0.25, 0.3) is 0 Å². The standard InChI is InChI=1S/C22H32N4O/c1-5-9-17-14-21(26-13-8-7-10-18(26)6-2)25-22(23-17)24-20-15-19(27-4)12-11-16(20)3/h11-12,14-15,18H,5-10,13H2,1-4H3,(H,23,24,25). The molecule has 1 N–H and O–H groups in total. The predicted molar refractivity (Wildman–Crippen MR) is 112 cm³/mol. The van der Waals surface area contributed by atoms with Crippen molar-refractivity contribution in [3.8, 4) is 5.75 Å². The van der Waals surface area contributed by atoms with Gasteiger partial charge in [0.15, 0.2) is 0 Å². The smallest absolute Gasteiger partial charge is 0.229 e. The van der Waals surface area contributed by atoms with E-state index in [1.54, 1.807) is 7.11 Å². The maximum Gasteiger partial charge on any atom is 0.229 e. The third-order valence-electron chi connectivity index (χ3n) is 5.36. The number of hydrogen-bond acceptors (Lipinski definition) is 5. The summed E-state index contributed by atoms with van der Waals surface area (Å²) in [5, 5.41) is 3.43. The van der Waals surface area contributed by atoms with Crippen molar-refractivity contribution in [2.45, 2.75) is 65.3 Å². The minimum Gasteiger partial charge on any atom is -0.497 e. The minimum absolute atomic E-state index is 0.578. The Bertz CT molecular complexity index is 762. The summed E-state index contributed by atoms with van der Waals surface area (Å²) in [6, 6.07) is 8.78. The number of nitrogens with zero attached hydrogens (tertiary/aromatic N) is 3. The quantitative estimate of drug-likeness (QED) is 0.722. The second-order valence-corrected chi connectivity index (χ2v) is 7.35. The highest BCUT2D eigenvalue weighted by molar-refractivity contribution is 5.62. The van der Waals surface area contributed by atoms with Crippen molar-refractivity contribution in [2.24, 2.45) is 0 Å². The molecule has 146 valence electrons. The lowest BCUT2D eigenvalue weighted by Gasteiger charge is -2.36. The summed E-state index contributed by atoms with van der Waals surface area (Å²) in [7, 11) is 1.69. The summed E-state index contributed by atoms with van der Waals surface area (Å²) in [6.07, 6.45) is 7.00. The fourth-order valence-corrected chi connectivity index (χ4v) is 3.78. The number of benzene rings is 1. The minimum atomic E-state index is 0.578. The number of methoxy groups -OCH3 is 1. The molecule has 0 radical (unpaired) electrons. The maximum absolute atomic E-state index is 5.37. The molecule has 0 amide bonds. The zero-order valence-electron chi connectivity index (χ0n) is 17.1. The van der Waals surface area contributed by atoms with Crippen LogP contribution in [0.5, 0.6) is 5.75 Å². The van der Waals surface area contributed by atoms with Gasteiger partial charge in [-0.05, 0) is 50.7 Å². The van der Waals surface area contributed by atoms with E-state index in [1.807, 2.05) is 12.1 Å². The van der Waals surface area contributed by atoms with Crippen LogP contribution in [0.2, 0.25) is 0 Å². The molecule has 1 aromatic carbocycles. The number of aryl methyl sites for hydroxylation is 2. The molecule has 1 atom stereocenters. The van der Waals surface area contributed by atoms with Crippen LogP contribution in [-0.2, 0) is 6.42 Å². The lowest BCUT2D eigenvalue weighted by atomic mass is 10.00. The third-order valence-corrected chi connectivity index (χ3v) is 5.36. The molecule has 2 heterocycles. The van der Waals surface area contributed by atoms with Crippen LogP contribution in [0, 0.1) is 6.92 Å². The van der Waals surface area contributed by atoms with Crippen LogP contribution < -0.4 is 15.0 Å². The molecule has 1 aliphatic heterocycles. The van der Waals surface area contributed by atoms with Crippen molar-refractivity contribution >= 4 is 17.5 Å². The number of aromatic nitrogens is 2. The topological polar surface area (TPSA) is 50.3 Å². The number of piperidine rings is 1. The van der Waals surface area contributed by atoms with E-state index in [0.717, 1.165) is 54.3 Å². The molecule has 5 heteroatoms. The number of rotatable bonds is 7. The number of ether oxygens (including phenoxy) is 1. The second-order valence-electron chi connectivity index (χ2n) is 7.35. The van der Waals surface area contributed by atoms with Crippen LogP contribution in [0.1, 0.15) is 57.2 Å². The van der Waals surface area contributed by atoms with Crippen molar-refractivity contribution in [1.29, 1.82) is 0 Å². The van der Waals surface area contributed by atoms with Gasteiger partial charge in [0.1, 0.15) is 11.6 Å². The fraction of sp³-hybridized carbons (Fsp3) is 0.545. The van der Waals surface area contributed by atoms with Gasteiger partial charge in [0.05, 0.1) is 7.11 Å². The number of nitrogens with one attached hydrogen (secondary N) is 1. The van der Waals surface area contributed by atoms with Crippen molar-refractivity contribution < 1.29 is 4.74 Å². The Balaban J connectivity index is 1.94. The molecule has 0 saturated carbocycles. The van der Waals surface area contributed by atoms with E-state index in [-0.39, 0.29) is 0 Å². The van der Waals surface area contributed by atoms with Gasteiger partial charge in [0.2, 0.25) is 5.95 Å². The van der Waals surface area contributed by atoms with Gasteiger partial charge in [-0.3, -0.25) is 0 Å². The molecule has 1 saturated heterocycles. The average Bonchev–Trinajstić information content (AvgIpc) is 2.69. The first kappa shape index (κ1) is 19.5. The molecule has 0 aliphatic carbocycles. The highest BCUT2D eigenvalue weighted by Crippen LogP contribution is 2.29. The third kappa shape index (κ3) is 4.71. The van der Waals surface area contributed by atoms with E-state index in [4.69, 9.17) is 14.7 Å². The summed E-state index contributed by atoms with van der Waals surface area (Å²) < 4.78 is 5.37. The Morgan fingerprint density at radius 3 is 2.78 bits per heavy atom. The van der Waals surface area contributed by atoms with Crippen molar-refractivity contribution in [1.82, 2.24) is 9.97 Å². The summed E-state index contributed by atoms with van der Waals surface area (Å²) >= 11 is 0. The molecule has 1 unspecified atom stereocenters. The van der Waals surface area contributed by atoms with E-state index in [2.05, 4.69) is 43.1 Å². The molecular weight excluding hydrogens is 336 g/mol. The molecule has 3 rings (SSSR count). The first-order valence-corrected chi connectivity index (χ1v) is 10.2. The van der Waals surface area contributed by atoms with E-state index in [9.17, 15) is 0 Å². The first-order valence-electron chi connectivity index (χ1n) is 10.2. The summed E-state index contributed by atoms with van der Waals surface area (Å²) in [5.41, 5.74) is 3.23. The first-order chi connectivity index (χ1) is 13.1. The van der Waals surface area contributed by atoms with E-state index in [1.165, 1.54) is 19.3 Å². The van der Waals surface area contributed by atoms with Crippen LogP contribution in [0.4, 0.5) is 17.5 Å². The van der Waals surface area contributed by atoms with E-state index < -0.39 is 0 Å². The Morgan fingerprint density at radius 2 is 2.04 bits per heavy atom. The molecule has 5 nitrogen and oxygen atoms in total. The van der Waals surface area contributed by atoms with E-state index in [0.29, 0.717) is 12.0 Å². The van der Waals surface area contributed by atoms with Gasteiger partial charge in [-0.15, -0.1) is 0 Å². The van der Waals surface area contributed by atoms with E-state index >= 15 is 0 Å². The van der Waals surface area contributed by atoms with Gasteiger partial charge in [0.25, 0.3) is 0 Å².